The summed E-state index contributed by atoms with van der Waals surface area (Å²) in [6, 6.07) is 6.47. The summed E-state index contributed by atoms with van der Waals surface area (Å²) < 4.78 is 0. The zero-order valence-corrected chi connectivity index (χ0v) is 10.4. The Kier molecular flexibility index (Phi) is 3.49. The molecule has 0 spiro atoms. The number of hydrogen-bond acceptors (Lipinski definition) is 3. The van der Waals surface area contributed by atoms with E-state index in [9.17, 15) is 0 Å². The molecule has 1 atom stereocenters. The minimum atomic E-state index is 0.170. The SMILES string of the molecule is CNC(c1cncc(C)c1)c1ccnc(C)c1. The van der Waals surface area contributed by atoms with Crippen molar-refractivity contribution in [2.45, 2.75) is 19.9 Å². The monoisotopic (exact) mass is 227 g/mol. The first-order chi connectivity index (χ1) is 8.20. The fourth-order valence-electron chi connectivity index (χ4n) is 2.01. The normalized spacial score (nSPS) is 12.4. The highest BCUT2D eigenvalue weighted by atomic mass is 14.9. The fourth-order valence-corrected chi connectivity index (χ4v) is 2.01. The lowest BCUT2D eigenvalue weighted by Crippen LogP contribution is -2.18. The Labute approximate surface area is 102 Å². The zero-order chi connectivity index (χ0) is 12.3. The Morgan fingerprint density at radius 3 is 2.59 bits per heavy atom. The molecule has 1 unspecified atom stereocenters. The van der Waals surface area contributed by atoms with Gasteiger partial charge in [0.2, 0.25) is 0 Å². The average Bonchev–Trinajstić information content (AvgIpc) is 2.30. The summed E-state index contributed by atoms with van der Waals surface area (Å²) in [5, 5.41) is 3.32. The molecule has 88 valence electrons. The van der Waals surface area contributed by atoms with E-state index in [0.717, 1.165) is 5.69 Å². The van der Waals surface area contributed by atoms with Crippen LogP contribution in [0.4, 0.5) is 0 Å². The molecule has 0 amide bonds. The van der Waals surface area contributed by atoms with Crippen LogP contribution in [0.1, 0.15) is 28.4 Å². The standard InChI is InChI=1S/C14H17N3/c1-10-6-13(9-16-8-10)14(15-3)12-4-5-17-11(2)7-12/h4-9,14-15H,1-3H3. The molecule has 0 saturated carbocycles. The first kappa shape index (κ1) is 11.7. The third-order valence-electron chi connectivity index (χ3n) is 2.77. The molecule has 3 nitrogen and oxygen atoms in total. The molecule has 2 rings (SSSR count). The van der Waals surface area contributed by atoms with Gasteiger partial charge >= 0.3 is 0 Å². The van der Waals surface area contributed by atoms with E-state index >= 15 is 0 Å². The summed E-state index contributed by atoms with van der Waals surface area (Å²) in [6.07, 6.45) is 5.62. The largest absolute Gasteiger partial charge is 0.309 e. The third kappa shape index (κ3) is 2.68. The van der Waals surface area contributed by atoms with Crippen LogP contribution < -0.4 is 5.32 Å². The number of hydrogen-bond donors (Lipinski definition) is 1. The van der Waals surface area contributed by atoms with Crippen molar-refractivity contribution in [1.29, 1.82) is 0 Å². The van der Waals surface area contributed by atoms with Crippen molar-refractivity contribution in [3.05, 3.63) is 59.2 Å². The van der Waals surface area contributed by atoms with Gasteiger partial charge in [0.05, 0.1) is 6.04 Å². The third-order valence-corrected chi connectivity index (χ3v) is 2.77. The van der Waals surface area contributed by atoms with E-state index in [4.69, 9.17) is 0 Å². The molecule has 17 heavy (non-hydrogen) atoms. The molecule has 0 aliphatic carbocycles. The number of pyridine rings is 2. The Bertz CT molecular complexity index is 463. The minimum Gasteiger partial charge on any atom is -0.309 e. The van der Waals surface area contributed by atoms with Crippen LogP contribution in [0.2, 0.25) is 0 Å². The van der Waals surface area contributed by atoms with Crippen molar-refractivity contribution in [3.8, 4) is 0 Å². The van der Waals surface area contributed by atoms with Gasteiger partial charge in [-0.2, -0.15) is 0 Å². The van der Waals surface area contributed by atoms with Gasteiger partial charge in [-0.25, -0.2) is 0 Å². The molecule has 1 N–H and O–H groups in total. The molecule has 2 heterocycles. The average molecular weight is 227 g/mol. The number of aromatic nitrogens is 2. The van der Waals surface area contributed by atoms with Gasteiger partial charge in [0.25, 0.3) is 0 Å². The van der Waals surface area contributed by atoms with Crippen LogP contribution in [0, 0.1) is 13.8 Å². The minimum absolute atomic E-state index is 0.170. The van der Waals surface area contributed by atoms with Crippen LogP contribution in [0.5, 0.6) is 0 Å². The van der Waals surface area contributed by atoms with Crippen LogP contribution >= 0.6 is 0 Å². The summed E-state index contributed by atoms with van der Waals surface area (Å²) >= 11 is 0. The van der Waals surface area contributed by atoms with Gasteiger partial charge < -0.3 is 5.32 Å². The van der Waals surface area contributed by atoms with E-state index in [2.05, 4.69) is 34.3 Å². The molecule has 0 saturated heterocycles. The molecular weight excluding hydrogens is 210 g/mol. The van der Waals surface area contributed by atoms with E-state index in [1.165, 1.54) is 16.7 Å². The lowest BCUT2D eigenvalue weighted by molar-refractivity contribution is 0.686. The van der Waals surface area contributed by atoms with Crippen LogP contribution in [0.3, 0.4) is 0 Å². The van der Waals surface area contributed by atoms with Gasteiger partial charge in [-0.1, -0.05) is 6.07 Å². The van der Waals surface area contributed by atoms with Crippen LogP contribution in [-0.4, -0.2) is 17.0 Å². The predicted octanol–water partition coefficient (Wildman–Crippen LogP) is 2.40. The molecule has 0 aliphatic rings. The molecule has 2 aromatic rings. The van der Waals surface area contributed by atoms with Gasteiger partial charge in [-0.3, -0.25) is 9.97 Å². The first-order valence-corrected chi connectivity index (χ1v) is 5.72. The highest BCUT2D eigenvalue weighted by molar-refractivity contribution is 5.31. The highest BCUT2D eigenvalue weighted by Gasteiger charge is 2.12. The summed E-state index contributed by atoms with van der Waals surface area (Å²) in [5.74, 6) is 0. The summed E-state index contributed by atoms with van der Waals surface area (Å²) in [5.41, 5.74) is 4.60. The van der Waals surface area contributed by atoms with Gasteiger partial charge in [-0.05, 0) is 49.7 Å². The number of aryl methyl sites for hydroxylation is 2. The highest BCUT2D eigenvalue weighted by Crippen LogP contribution is 2.21. The summed E-state index contributed by atoms with van der Waals surface area (Å²) in [7, 11) is 1.96. The number of nitrogens with zero attached hydrogens (tertiary/aromatic N) is 2. The van der Waals surface area contributed by atoms with E-state index in [1.54, 1.807) is 0 Å². The molecule has 0 fully saturated rings. The van der Waals surface area contributed by atoms with Crippen molar-refractivity contribution in [3.63, 3.8) is 0 Å². The predicted molar refractivity (Wildman–Crippen MR) is 68.9 cm³/mol. The van der Waals surface area contributed by atoms with Gasteiger partial charge in [0.1, 0.15) is 0 Å². The quantitative estimate of drug-likeness (QED) is 0.875. The topological polar surface area (TPSA) is 37.8 Å². The van der Waals surface area contributed by atoms with Crippen molar-refractivity contribution < 1.29 is 0 Å². The zero-order valence-electron chi connectivity index (χ0n) is 10.4. The molecular formula is C14H17N3. The molecule has 0 aliphatic heterocycles. The fraction of sp³-hybridized carbons (Fsp3) is 0.286. The maximum absolute atomic E-state index is 4.25. The van der Waals surface area contributed by atoms with Crippen LogP contribution in [0.15, 0.2) is 36.8 Å². The Balaban J connectivity index is 2.40. The lowest BCUT2D eigenvalue weighted by atomic mass is 10.00. The van der Waals surface area contributed by atoms with Gasteiger partial charge in [0.15, 0.2) is 0 Å². The summed E-state index contributed by atoms with van der Waals surface area (Å²) in [4.78, 5) is 8.47. The van der Waals surface area contributed by atoms with E-state index < -0.39 is 0 Å². The van der Waals surface area contributed by atoms with Crippen molar-refractivity contribution in [1.82, 2.24) is 15.3 Å². The van der Waals surface area contributed by atoms with Gasteiger partial charge in [-0.15, -0.1) is 0 Å². The molecule has 2 aromatic heterocycles. The Morgan fingerprint density at radius 1 is 1.12 bits per heavy atom. The Morgan fingerprint density at radius 2 is 1.94 bits per heavy atom. The van der Waals surface area contributed by atoms with E-state index in [1.807, 2.05) is 38.6 Å². The number of nitrogens with one attached hydrogen (secondary N) is 1. The molecule has 0 aromatic carbocycles. The van der Waals surface area contributed by atoms with E-state index in [-0.39, 0.29) is 6.04 Å². The van der Waals surface area contributed by atoms with Crippen molar-refractivity contribution >= 4 is 0 Å². The maximum atomic E-state index is 4.25. The first-order valence-electron chi connectivity index (χ1n) is 5.72. The van der Waals surface area contributed by atoms with Crippen LogP contribution in [-0.2, 0) is 0 Å². The molecule has 0 radical (unpaired) electrons. The number of rotatable bonds is 3. The second-order valence-electron chi connectivity index (χ2n) is 4.25. The molecule has 3 heteroatoms. The maximum Gasteiger partial charge on any atom is 0.0590 e. The summed E-state index contributed by atoms with van der Waals surface area (Å²) in [6.45, 7) is 4.06. The van der Waals surface area contributed by atoms with Gasteiger partial charge in [0, 0.05) is 24.3 Å². The lowest BCUT2D eigenvalue weighted by Gasteiger charge is -2.17. The Hall–Kier alpha value is -1.74. The van der Waals surface area contributed by atoms with Crippen LogP contribution in [0.25, 0.3) is 0 Å². The smallest absolute Gasteiger partial charge is 0.0590 e. The molecule has 0 bridgehead atoms. The van der Waals surface area contributed by atoms with Crippen molar-refractivity contribution in [2.75, 3.05) is 7.05 Å². The van der Waals surface area contributed by atoms with E-state index in [0.29, 0.717) is 0 Å². The second kappa shape index (κ2) is 5.06. The van der Waals surface area contributed by atoms with Crippen molar-refractivity contribution in [2.24, 2.45) is 0 Å². The second-order valence-corrected chi connectivity index (χ2v) is 4.25.